The Morgan fingerprint density at radius 1 is 1.29 bits per heavy atom. The molecule has 0 aliphatic heterocycles. The molecule has 0 fully saturated rings. The van der Waals surface area contributed by atoms with Crippen molar-refractivity contribution in [3.63, 3.8) is 0 Å². The summed E-state index contributed by atoms with van der Waals surface area (Å²) in [7, 11) is 1.71. The average molecular weight is 287 g/mol. The first-order valence-electron chi connectivity index (χ1n) is 6.86. The quantitative estimate of drug-likeness (QED) is 0.895. The molecule has 1 N–H and O–H groups in total. The SMILES string of the molecule is CC(=O)NC(C(=O)N(C)Cc1ccc(C#N)cc1)C(C)C. The average Bonchev–Trinajstić information content (AvgIpc) is 2.44. The zero-order chi connectivity index (χ0) is 16.0. The van der Waals surface area contributed by atoms with E-state index in [1.54, 1.807) is 24.1 Å². The summed E-state index contributed by atoms with van der Waals surface area (Å²) in [5.41, 5.74) is 1.53. The van der Waals surface area contributed by atoms with Crippen LogP contribution in [-0.4, -0.2) is 29.8 Å². The lowest BCUT2D eigenvalue weighted by Crippen LogP contribution is -2.49. The molecular formula is C16H21N3O2. The fourth-order valence-corrected chi connectivity index (χ4v) is 2.01. The van der Waals surface area contributed by atoms with Gasteiger partial charge in [-0.3, -0.25) is 9.59 Å². The first-order chi connectivity index (χ1) is 9.85. The van der Waals surface area contributed by atoms with Gasteiger partial charge in [-0.05, 0) is 23.6 Å². The molecule has 0 spiro atoms. The molecule has 2 amide bonds. The van der Waals surface area contributed by atoms with Crippen LogP contribution in [0.1, 0.15) is 31.9 Å². The third-order valence-corrected chi connectivity index (χ3v) is 3.17. The van der Waals surface area contributed by atoms with E-state index in [2.05, 4.69) is 11.4 Å². The van der Waals surface area contributed by atoms with Gasteiger partial charge in [-0.1, -0.05) is 26.0 Å². The number of rotatable bonds is 5. The molecule has 112 valence electrons. The highest BCUT2D eigenvalue weighted by atomic mass is 16.2. The van der Waals surface area contributed by atoms with Gasteiger partial charge in [0.25, 0.3) is 0 Å². The minimum atomic E-state index is -0.522. The number of nitrogens with one attached hydrogen (secondary N) is 1. The van der Waals surface area contributed by atoms with Gasteiger partial charge in [0.2, 0.25) is 11.8 Å². The Morgan fingerprint density at radius 2 is 1.86 bits per heavy atom. The molecule has 0 aliphatic carbocycles. The van der Waals surface area contributed by atoms with Crippen molar-refractivity contribution in [2.75, 3.05) is 7.05 Å². The van der Waals surface area contributed by atoms with E-state index in [1.807, 2.05) is 26.0 Å². The van der Waals surface area contributed by atoms with Crippen molar-refractivity contribution in [3.8, 4) is 6.07 Å². The van der Waals surface area contributed by atoms with Gasteiger partial charge in [0.1, 0.15) is 6.04 Å². The number of hydrogen-bond acceptors (Lipinski definition) is 3. The van der Waals surface area contributed by atoms with Gasteiger partial charge >= 0.3 is 0 Å². The summed E-state index contributed by atoms with van der Waals surface area (Å²) < 4.78 is 0. The molecule has 1 aromatic rings. The molecule has 0 aromatic heterocycles. The van der Waals surface area contributed by atoms with Crippen molar-refractivity contribution in [1.82, 2.24) is 10.2 Å². The second-order valence-corrected chi connectivity index (χ2v) is 5.43. The second kappa shape index (κ2) is 7.44. The monoisotopic (exact) mass is 287 g/mol. The number of nitriles is 1. The van der Waals surface area contributed by atoms with Crippen LogP contribution in [0.3, 0.4) is 0 Å². The van der Waals surface area contributed by atoms with Crippen molar-refractivity contribution < 1.29 is 9.59 Å². The van der Waals surface area contributed by atoms with E-state index in [9.17, 15) is 9.59 Å². The van der Waals surface area contributed by atoms with Crippen LogP contribution in [-0.2, 0) is 16.1 Å². The van der Waals surface area contributed by atoms with Gasteiger partial charge in [0.05, 0.1) is 11.6 Å². The third kappa shape index (κ3) is 4.92. The van der Waals surface area contributed by atoms with E-state index >= 15 is 0 Å². The lowest BCUT2D eigenvalue weighted by atomic mass is 10.0. The molecule has 1 atom stereocenters. The Kier molecular flexibility index (Phi) is 5.92. The standard InChI is InChI=1S/C16H21N3O2/c1-11(2)15(18-12(3)20)16(21)19(4)10-14-7-5-13(9-17)6-8-14/h5-8,11,15H,10H2,1-4H3,(H,18,20). The maximum atomic E-state index is 12.4. The third-order valence-electron chi connectivity index (χ3n) is 3.17. The highest BCUT2D eigenvalue weighted by molar-refractivity contribution is 5.86. The maximum Gasteiger partial charge on any atom is 0.245 e. The lowest BCUT2D eigenvalue weighted by Gasteiger charge is -2.26. The molecule has 0 aliphatic rings. The predicted octanol–water partition coefficient (Wildman–Crippen LogP) is 1.68. The van der Waals surface area contributed by atoms with Crippen LogP contribution in [0.4, 0.5) is 0 Å². The summed E-state index contributed by atoms with van der Waals surface area (Å²) in [6, 6.07) is 8.63. The number of carbonyl (C=O) groups is 2. The minimum absolute atomic E-state index is 0.0183. The molecular weight excluding hydrogens is 266 g/mol. The molecule has 1 rings (SSSR count). The Hall–Kier alpha value is -2.35. The van der Waals surface area contributed by atoms with Crippen molar-refractivity contribution in [2.24, 2.45) is 5.92 Å². The number of likely N-dealkylation sites (N-methyl/N-ethyl adjacent to an activating group) is 1. The van der Waals surface area contributed by atoms with Crippen LogP contribution in [0.25, 0.3) is 0 Å². The van der Waals surface area contributed by atoms with E-state index < -0.39 is 6.04 Å². The maximum absolute atomic E-state index is 12.4. The normalized spacial score (nSPS) is 11.6. The number of nitrogens with zero attached hydrogens (tertiary/aromatic N) is 2. The van der Waals surface area contributed by atoms with Crippen molar-refractivity contribution in [2.45, 2.75) is 33.4 Å². The van der Waals surface area contributed by atoms with Crippen LogP contribution in [0, 0.1) is 17.2 Å². The van der Waals surface area contributed by atoms with E-state index in [-0.39, 0.29) is 17.7 Å². The molecule has 5 heteroatoms. The molecule has 0 bridgehead atoms. The molecule has 21 heavy (non-hydrogen) atoms. The first-order valence-corrected chi connectivity index (χ1v) is 6.86. The van der Waals surface area contributed by atoms with Gasteiger partial charge in [0, 0.05) is 20.5 Å². The zero-order valence-corrected chi connectivity index (χ0v) is 12.9. The highest BCUT2D eigenvalue weighted by Gasteiger charge is 2.25. The number of carbonyl (C=O) groups excluding carboxylic acids is 2. The molecule has 5 nitrogen and oxygen atoms in total. The van der Waals surface area contributed by atoms with Crippen molar-refractivity contribution in [1.29, 1.82) is 5.26 Å². The summed E-state index contributed by atoms with van der Waals surface area (Å²) in [5.74, 6) is -0.316. The molecule has 1 aromatic carbocycles. The van der Waals surface area contributed by atoms with Crippen LogP contribution < -0.4 is 5.32 Å². The summed E-state index contributed by atoms with van der Waals surface area (Å²) in [6.45, 7) is 5.64. The van der Waals surface area contributed by atoms with Crippen LogP contribution in [0.2, 0.25) is 0 Å². The smallest absolute Gasteiger partial charge is 0.245 e. The summed E-state index contributed by atoms with van der Waals surface area (Å²) in [6.07, 6.45) is 0. The predicted molar refractivity (Wildman–Crippen MR) is 80.1 cm³/mol. The molecule has 0 saturated heterocycles. The number of benzene rings is 1. The first kappa shape index (κ1) is 16.7. The van der Waals surface area contributed by atoms with E-state index in [1.165, 1.54) is 6.92 Å². The summed E-state index contributed by atoms with van der Waals surface area (Å²) in [5, 5.41) is 11.5. The Morgan fingerprint density at radius 3 is 2.29 bits per heavy atom. The Labute approximate surface area is 125 Å². The zero-order valence-electron chi connectivity index (χ0n) is 12.9. The van der Waals surface area contributed by atoms with Crippen LogP contribution in [0.15, 0.2) is 24.3 Å². The van der Waals surface area contributed by atoms with E-state index in [4.69, 9.17) is 5.26 Å². The fraction of sp³-hybridized carbons (Fsp3) is 0.438. The number of hydrogen-bond donors (Lipinski definition) is 1. The Balaban J connectivity index is 2.76. The highest BCUT2D eigenvalue weighted by Crippen LogP contribution is 2.10. The Bertz CT molecular complexity index is 544. The summed E-state index contributed by atoms with van der Waals surface area (Å²) in [4.78, 5) is 25.2. The molecule has 0 heterocycles. The summed E-state index contributed by atoms with van der Waals surface area (Å²) >= 11 is 0. The van der Waals surface area contributed by atoms with Gasteiger partial charge in [-0.2, -0.15) is 5.26 Å². The van der Waals surface area contributed by atoms with Gasteiger partial charge in [0.15, 0.2) is 0 Å². The molecule has 1 unspecified atom stereocenters. The molecule has 0 radical (unpaired) electrons. The van der Waals surface area contributed by atoms with E-state index in [0.29, 0.717) is 12.1 Å². The van der Waals surface area contributed by atoms with Crippen LogP contribution >= 0.6 is 0 Å². The fourth-order valence-electron chi connectivity index (χ4n) is 2.01. The topological polar surface area (TPSA) is 73.2 Å². The van der Waals surface area contributed by atoms with Gasteiger partial charge < -0.3 is 10.2 Å². The lowest BCUT2D eigenvalue weighted by molar-refractivity contribution is -0.136. The molecule has 0 saturated carbocycles. The largest absolute Gasteiger partial charge is 0.344 e. The van der Waals surface area contributed by atoms with Crippen LogP contribution in [0.5, 0.6) is 0 Å². The number of amides is 2. The van der Waals surface area contributed by atoms with Crippen molar-refractivity contribution in [3.05, 3.63) is 35.4 Å². The second-order valence-electron chi connectivity index (χ2n) is 5.43. The van der Waals surface area contributed by atoms with Gasteiger partial charge in [-0.15, -0.1) is 0 Å². The van der Waals surface area contributed by atoms with E-state index in [0.717, 1.165) is 5.56 Å². The van der Waals surface area contributed by atoms with Crippen molar-refractivity contribution >= 4 is 11.8 Å². The minimum Gasteiger partial charge on any atom is -0.344 e. The van der Waals surface area contributed by atoms with Gasteiger partial charge in [-0.25, -0.2) is 0 Å².